The van der Waals surface area contributed by atoms with Gasteiger partial charge in [0, 0.05) is 18.5 Å². The molecule has 0 aromatic heterocycles. The molecule has 0 amide bonds. The molecule has 3 rings (SSSR count). The minimum atomic E-state index is -0.0473. The van der Waals surface area contributed by atoms with E-state index in [0.29, 0.717) is 6.04 Å². The molecule has 2 atom stereocenters. The third-order valence-electron chi connectivity index (χ3n) is 4.29. The van der Waals surface area contributed by atoms with Crippen molar-refractivity contribution >= 4 is 0 Å². The summed E-state index contributed by atoms with van der Waals surface area (Å²) in [4.78, 5) is 0. The first-order valence-electron chi connectivity index (χ1n) is 7.34. The van der Waals surface area contributed by atoms with E-state index in [0.717, 1.165) is 30.5 Å². The van der Waals surface area contributed by atoms with Gasteiger partial charge in [0.25, 0.3) is 0 Å². The van der Waals surface area contributed by atoms with Crippen LogP contribution in [-0.2, 0) is 13.0 Å². The average Bonchev–Trinajstić information content (AvgIpc) is 2.49. The first-order chi connectivity index (χ1) is 9.79. The maximum absolute atomic E-state index is 14.2. The molecular formula is C18H20FN. The lowest BCUT2D eigenvalue weighted by Gasteiger charge is -2.34. The molecule has 0 saturated carbocycles. The minimum absolute atomic E-state index is 0.0473. The highest BCUT2D eigenvalue weighted by molar-refractivity contribution is 5.36. The minimum Gasteiger partial charge on any atom is -0.309 e. The Morgan fingerprint density at radius 2 is 1.90 bits per heavy atom. The van der Waals surface area contributed by atoms with Crippen LogP contribution in [0.5, 0.6) is 0 Å². The first kappa shape index (κ1) is 13.3. The average molecular weight is 269 g/mol. The smallest absolute Gasteiger partial charge is 0.127 e. The fourth-order valence-corrected chi connectivity index (χ4v) is 3.31. The lowest BCUT2D eigenvalue weighted by atomic mass is 9.80. The van der Waals surface area contributed by atoms with Crippen LogP contribution in [0.4, 0.5) is 4.39 Å². The van der Waals surface area contributed by atoms with Crippen LogP contribution in [0.15, 0.2) is 48.5 Å². The number of fused-ring (bicyclic) bond motifs is 1. The lowest BCUT2D eigenvalue weighted by Crippen LogP contribution is -2.41. The zero-order valence-electron chi connectivity index (χ0n) is 11.8. The van der Waals surface area contributed by atoms with Gasteiger partial charge in [-0.25, -0.2) is 4.39 Å². The molecule has 1 nitrogen and oxygen atoms in total. The van der Waals surface area contributed by atoms with Crippen molar-refractivity contribution in [3.8, 4) is 0 Å². The second-order valence-corrected chi connectivity index (χ2v) is 5.50. The molecule has 2 heteroatoms. The van der Waals surface area contributed by atoms with Gasteiger partial charge in [-0.15, -0.1) is 0 Å². The van der Waals surface area contributed by atoms with Gasteiger partial charge in [-0.2, -0.15) is 0 Å². The van der Waals surface area contributed by atoms with Gasteiger partial charge in [0.2, 0.25) is 0 Å². The summed E-state index contributed by atoms with van der Waals surface area (Å²) in [5.74, 6) is 0.203. The Morgan fingerprint density at radius 3 is 2.65 bits per heavy atom. The Hall–Kier alpha value is -1.67. The van der Waals surface area contributed by atoms with Crippen molar-refractivity contribution in [2.45, 2.75) is 38.3 Å². The zero-order valence-corrected chi connectivity index (χ0v) is 11.8. The third-order valence-corrected chi connectivity index (χ3v) is 4.29. The van der Waals surface area contributed by atoms with Gasteiger partial charge in [-0.1, -0.05) is 49.4 Å². The topological polar surface area (TPSA) is 12.0 Å². The SMILES string of the molecule is CCC1c2c(F)cccc2CNC1Cc1ccccc1. The maximum atomic E-state index is 14.2. The number of hydrogen-bond donors (Lipinski definition) is 1. The summed E-state index contributed by atoms with van der Waals surface area (Å²) in [7, 11) is 0. The Kier molecular flexibility index (Phi) is 3.83. The van der Waals surface area contributed by atoms with E-state index in [1.54, 1.807) is 12.1 Å². The molecule has 2 aromatic rings. The predicted molar refractivity (Wildman–Crippen MR) is 80.2 cm³/mol. The molecule has 0 fully saturated rings. The number of benzene rings is 2. The van der Waals surface area contributed by atoms with Crippen LogP contribution in [-0.4, -0.2) is 6.04 Å². The van der Waals surface area contributed by atoms with Crippen LogP contribution in [0, 0.1) is 5.82 Å². The molecule has 20 heavy (non-hydrogen) atoms. The molecule has 0 spiro atoms. The quantitative estimate of drug-likeness (QED) is 0.887. The number of nitrogens with one attached hydrogen (secondary N) is 1. The van der Waals surface area contributed by atoms with E-state index in [1.165, 1.54) is 5.56 Å². The number of halogens is 1. The van der Waals surface area contributed by atoms with Crippen molar-refractivity contribution in [2.75, 3.05) is 0 Å². The van der Waals surface area contributed by atoms with Crippen molar-refractivity contribution in [2.24, 2.45) is 0 Å². The summed E-state index contributed by atoms with van der Waals surface area (Å²) in [6.07, 6.45) is 1.91. The predicted octanol–water partition coefficient (Wildman–Crippen LogP) is 4.03. The van der Waals surface area contributed by atoms with E-state index in [4.69, 9.17) is 0 Å². The summed E-state index contributed by atoms with van der Waals surface area (Å²) in [5.41, 5.74) is 3.35. The van der Waals surface area contributed by atoms with Crippen LogP contribution in [0.1, 0.15) is 36.0 Å². The normalized spacial score (nSPS) is 21.5. The molecule has 0 saturated heterocycles. The Bertz CT molecular complexity index is 579. The van der Waals surface area contributed by atoms with E-state index in [-0.39, 0.29) is 11.7 Å². The van der Waals surface area contributed by atoms with Crippen LogP contribution in [0.3, 0.4) is 0 Å². The number of rotatable bonds is 3. The Balaban J connectivity index is 1.89. The van der Waals surface area contributed by atoms with Crippen molar-refractivity contribution in [1.29, 1.82) is 0 Å². The maximum Gasteiger partial charge on any atom is 0.127 e. The van der Waals surface area contributed by atoms with E-state index in [1.807, 2.05) is 12.1 Å². The summed E-state index contributed by atoms with van der Waals surface area (Å²) >= 11 is 0. The zero-order chi connectivity index (χ0) is 13.9. The molecule has 1 aliphatic heterocycles. The largest absolute Gasteiger partial charge is 0.309 e. The molecule has 2 unspecified atom stereocenters. The molecule has 1 N–H and O–H groups in total. The second kappa shape index (κ2) is 5.76. The van der Waals surface area contributed by atoms with Gasteiger partial charge in [0.05, 0.1) is 0 Å². The van der Waals surface area contributed by atoms with Gasteiger partial charge in [-0.05, 0) is 35.6 Å². The molecule has 0 aliphatic carbocycles. The van der Waals surface area contributed by atoms with Crippen LogP contribution >= 0.6 is 0 Å². The molecule has 104 valence electrons. The van der Waals surface area contributed by atoms with Gasteiger partial charge in [-0.3, -0.25) is 0 Å². The highest BCUT2D eigenvalue weighted by Crippen LogP contribution is 2.34. The molecule has 0 radical (unpaired) electrons. The summed E-state index contributed by atoms with van der Waals surface area (Å²) < 4.78 is 14.2. The van der Waals surface area contributed by atoms with Crippen molar-refractivity contribution in [3.05, 3.63) is 71.0 Å². The van der Waals surface area contributed by atoms with Crippen LogP contribution in [0.2, 0.25) is 0 Å². The van der Waals surface area contributed by atoms with Gasteiger partial charge in [0.1, 0.15) is 5.82 Å². The Morgan fingerprint density at radius 1 is 1.10 bits per heavy atom. The van der Waals surface area contributed by atoms with E-state index >= 15 is 0 Å². The number of hydrogen-bond acceptors (Lipinski definition) is 1. The first-order valence-corrected chi connectivity index (χ1v) is 7.34. The van der Waals surface area contributed by atoms with Crippen molar-refractivity contribution < 1.29 is 4.39 Å². The Labute approximate surface area is 119 Å². The fourth-order valence-electron chi connectivity index (χ4n) is 3.31. The highest BCUT2D eigenvalue weighted by Gasteiger charge is 2.30. The molecular weight excluding hydrogens is 249 g/mol. The third kappa shape index (κ3) is 2.48. The molecule has 2 aromatic carbocycles. The van der Waals surface area contributed by atoms with E-state index < -0.39 is 0 Å². The van der Waals surface area contributed by atoms with Crippen molar-refractivity contribution in [1.82, 2.24) is 5.32 Å². The molecule has 1 heterocycles. The molecule has 0 bridgehead atoms. The second-order valence-electron chi connectivity index (χ2n) is 5.50. The summed E-state index contributed by atoms with van der Waals surface area (Å²) in [5, 5.41) is 3.59. The summed E-state index contributed by atoms with van der Waals surface area (Å²) in [6, 6.07) is 16.2. The molecule has 1 aliphatic rings. The van der Waals surface area contributed by atoms with Gasteiger partial charge < -0.3 is 5.32 Å². The van der Waals surface area contributed by atoms with E-state index in [9.17, 15) is 4.39 Å². The van der Waals surface area contributed by atoms with E-state index in [2.05, 4.69) is 36.5 Å². The monoisotopic (exact) mass is 269 g/mol. The van der Waals surface area contributed by atoms with Crippen molar-refractivity contribution in [3.63, 3.8) is 0 Å². The van der Waals surface area contributed by atoms with Crippen LogP contribution < -0.4 is 5.32 Å². The summed E-state index contributed by atoms with van der Waals surface area (Å²) in [6.45, 7) is 2.91. The van der Waals surface area contributed by atoms with Gasteiger partial charge in [0.15, 0.2) is 0 Å². The van der Waals surface area contributed by atoms with Gasteiger partial charge >= 0.3 is 0 Å². The fraction of sp³-hybridized carbons (Fsp3) is 0.333. The lowest BCUT2D eigenvalue weighted by molar-refractivity contribution is 0.377. The standard InChI is InChI=1S/C18H20FN/c1-2-15-17(11-13-7-4-3-5-8-13)20-12-14-9-6-10-16(19)18(14)15/h3-10,15,17,20H,2,11-12H2,1H3. The highest BCUT2D eigenvalue weighted by atomic mass is 19.1. The van der Waals surface area contributed by atoms with Crippen LogP contribution in [0.25, 0.3) is 0 Å².